The Labute approximate surface area is 114 Å². The van der Waals surface area contributed by atoms with Gasteiger partial charge in [0.15, 0.2) is 5.65 Å². The van der Waals surface area contributed by atoms with E-state index >= 15 is 0 Å². The summed E-state index contributed by atoms with van der Waals surface area (Å²) in [7, 11) is 3.29. The third-order valence-electron chi connectivity index (χ3n) is 3.01. The van der Waals surface area contributed by atoms with Gasteiger partial charge in [-0.15, -0.1) is 0 Å². The predicted molar refractivity (Wildman–Crippen MR) is 70.6 cm³/mol. The maximum Gasteiger partial charge on any atom is 0.264 e. The topological polar surface area (TPSA) is 96.8 Å². The zero-order valence-electron chi connectivity index (χ0n) is 11.3. The van der Waals surface area contributed by atoms with Gasteiger partial charge in [-0.2, -0.15) is 10.4 Å². The number of carbonyl (C=O) groups is 1. The molecule has 1 amide bonds. The first-order valence-corrected chi connectivity index (χ1v) is 6.02. The normalized spacial score (nSPS) is 10.4. The van der Waals surface area contributed by atoms with Gasteiger partial charge in [-0.3, -0.25) is 18.8 Å². The SMILES string of the molecule is CN(CCC#N)C(=O)Cn1cnc2c(cnn2C)c1=O. The molecule has 0 fully saturated rings. The van der Waals surface area contributed by atoms with Crippen LogP contribution in [0, 0.1) is 11.3 Å². The van der Waals surface area contributed by atoms with Crippen LogP contribution >= 0.6 is 0 Å². The Kier molecular flexibility index (Phi) is 3.79. The number of likely N-dealkylation sites (N-methyl/N-ethyl adjacent to an activating group) is 1. The summed E-state index contributed by atoms with van der Waals surface area (Å²) in [6, 6.07) is 1.97. The van der Waals surface area contributed by atoms with Crippen LogP contribution in [0.5, 0.6) is 0 Å². The van der Waals surface area contributed by atoms with Crippen LogP contribution in [0.15, 0.2) is 17.3 Å². The maximum atomic E-state index is 12.2. The number of hydrogen-bond donors (Lipinski definition) is 0. The molecule has 2 aromatic heterocycles. The highest BCUT2D eigenvalue weighted by atomic mass is 16.2. The van der Waals surface area contributed by atoms with Gasteiger partial charge >= 0.3 is 0 Å². The van der Waals surface area contributed by atoms with Gasteiger partial charge in [0, 0.05) is 20.6 Å². The molecule has 2 heterocycles. The van der Waals surface area contributed by atoms with Gasteiger partial charge in [0.2, 0.25) is 5.91 Å². The molecule has 0 saturated heterocycles. The summed E-state index contributed by atoms with van der Waals surface area (Å²) in [5.74, 6) is -0.243. The zero-order chi connectivity index (χ0) is 14.7. The molecule has 0 unspecified atom stereocenters. The molecule has 8 heteroatoms. The first-order chi connectivity index (χ1) is 9.54. The van der Waals surface area contributed by atoms with Crippen LogP contribution in [0.1, 0.15) is 6.42 Å². The largest absolute Gasteiger partial charge is 0.343 e. The fourth-order valence-corrected chi connectivity index (χ4v) is 1.79. The van der Waals surface area contributed by atoms with Crippen LogP contribution in [0.3, 0.4) is 0 Å². The second kappa shape index (κ2) is 5.52. The van der Waals surface area contributed by atoms with Gasteiger partial charge in [-0.1, -0.05) is 0 Å². The third kappa shape index (κ3) is 2.51. The minimum atomic E-state index is -0.301. The summed E-state index contributed by atoms with van der Waals surface area (Å²) in [4.78, 5) is 29.6. The summed E-state index contributed by atoms with van der Waals surface area (Å²) in [5, 5.41) is 12.8. The summed E-state index contributed by atoms with van der Waals surface area (Å²) in [6.45, 7) is 0.241. The third-order valence-corrected chi connectivity index (χ3v) is 3.01. The summed E-state index contributed by atoms with van der Waals surface area (Å²) >= 11 is 0. The van der Waals surface area contributed by atoms with Crippen LogP contribution in [-0.2, 0) is 18.4 Å². The summed E-state index contributed by atoms with van der Waals surface area (Å²) in [5.41, 5.74) is 0.182. The Morgan fingerprint density at radius 3 is 3.00 bits per heavy atom. The van der Waals surface area contributed by atoms with E-state index in [2.05, 4.69) is 10.1 Å². The molecule has 8 nitrogen and oxygen atoms in total. The van der Waals surface area contributed by atoms with Crippen LogP contribution in [0.25, 0.3) is 11.0 Å². The van der Waals surface area contributed by atoms with E-state index in [1.54, 1.807) is 14.1 Å². The molecule has 0 aromatic carbocycles. The van der Waals surface area contributed by atoms with Crippen LogP contribution in [0.2, 0.25) is 0 Å². The molecule has 0 N–H and O–H groups in total. The number of aryl methyl sites for hydroxylation is 1. The highest BCUT2D eigenvalue weighted by molar-refractivity contribution is 5.77. The summed E-state index contributed by atoms with van der Waals surface area (Å²) in [6.07, 6.45) is 3.03. The number of carbonyl (C=O) groups excluding carboxylic acids is 1. The number of nitriles is 1. The number of hydrogen-bond acceptors (Lipinski definition) is 5. The zero-order valence-corrected chi connectivity index (χ0v) is 11.3. The lowest BCUT2D eigenvalue weighted by Gasteiger charge is -2.15. The van der Waals surface area contributed by atoms with Gasteiger partial charge in [0.1, 0.15) is 18.3 Å². The smallest absolute Gasteiger partial charge is 0.264 e. The van der Waals surface area contributed by atoms with Gasteiger partial charge in [0.05, 0.1) is 18.7 Å². The standard InChI is InChI=1S/C12H14N6O2/c1-16(5-3-4-13)10(19)7-18-8-14-11-9(12(18)20)6-15-17(11)2/h6,8H,3,5,7H2,1-2H3. The molecule has 0 aliphatic heterocycles. The predicted octanol–water partition coefficient (Wildman–Crippen LogP) is -0.498. The monoisotopic (exact) mass is 274 g/mol. The van der Waals surface area contributed by atoms with Gasteiger partial charge in [0.25, 0.3) is 5.56 Å². The van der Waals surface area contributed by atoms with Crippen molar-refractivity contribution in [1.29, 1.82) is 5.26 Å². The van der Waals surface area contributed by atoms with E-state index in [1.165, 1.54) is 26.7 Å². The highest BCUT2D eigenvalue weighted by Crippen LogP contribution is 2.03. The van der Waals surface area contributed by atoms with Crippen molar-refractivity contribution in [3.8, 4) is 6.07 Å². The molecule has 0 radical (unpaired) electrons. The second-order valence-corrected chi connectivity index (χ2v) is 4.41. The molecule has 104 valence electrons. The Hall–Kier alpha value is -2.69. The first kappa shape index (κ1) is 13.7. The lowest BCUT2D eigenvalue weighted by atomic mass is 10.4. The van der Waals surface area contributed by atoms with Crippen LogP contribution in [0.4, 0.5) is 0 Å². The fourth-order valence-electron chi connectivity index (χ4n) is 1.79. The Bertz CT molecular complexity index is 738. The molecule has 2 rings (SSSR count). The van der Waals surface area contributed by atoms with E-state index in [0.29, 0.717) is 17.6 Å². The van der Waals surface area contributed by atoms with Crippen molar-refractivity contribution in [3.05, 3.63) is 22.9 Å². The van der Waals surface area contributed by atoms with E-state index in [4.69, 9.17) is 5.26 Å². The molecular weight excluding hydrogens is 260 g/mol. The van der Waals surface area contributed by atoms with E-state index in [1.807, 2.05) is 6.07 Å². The van der Waals surface area contributed by atoms with Gasteiger partial charge in [-0.05, 0) is 0 Å². The Morgan fingerprint density at radius 1 is 1.55 bits per heavy atom. The fraction of sp³-hybridized carbons (Fsp3) is 0.417. The molecular formula is C12H14N6O2. The van der Waals surface area contributed by atoms with Crippen molar-refractivity contribution in [2.24, 2.45) is 7.05 Å². The number of amides is 1. The number of fused-ring (bicyclic) bond motifs is 1. The first-order valence-electron chi connectivity index (χ1n) is 6.02. The Morgan fingerprint density at radius 2 is 2.30 bits per heavy atom. The average Bonchev–Trinajstić information content (AvgIpc) is 2.81. The van der Waals surface area contributed by atoms with E-state index in [9.17, 15) is 9.59 Å². The van der Waals surface area contributed by atoms with E-state index in [0.717, 1.165) is 0 Å². The van der Waals surface area contributed by atoms with Crippen molar-refractivity contribution >= 4 is 16.9 Å². The molecule has 0 aliphatic rings. The highest BCUT2D eigenvalue weighted by Gasteiger charge is 2.13. The Balaban J connectivity index is 2.22. The minimum absolute atomic E-state index is 0.0986. The van der Waals surface area contributed by atoms with Crippen molar-refractivity contribution < 1.29 is 4.79 Å². The molecule has 2 aromatic rings. The maximum absolute atomic E-state index is 12.2. The average molecular weight is 274 g/mol. The molecule has 0 saturated carbocycles. The lowest BCUT2D eigenvalue weighted by Crippen LogP contribution is -2.34. The van der Waals surface area contributed by atoms with Gasteiger partial charge in [-0.25, -0.2) is 4.98 Å². The minimum Gasteiger partial charge on any atom is -0.343 e. The van der Waals surface area contributed by atoms with Crippen LogP contribution in [-0.4, -0.2) is 43.7 Å². The molecule has 0 spiro atoms. The quantitative estimate of drug-likeness (QED) is 0.749. The van der Waals surface area contributed by atoms with Gasteiger partial charge < -0.3 is 4.90 Å². The number of nitrogens with zero attached hydrogens (tertiary/aromatic N) is 6. The number of rotatable bonds is 4. The summed E-state index contributed by atoms with van der Waals surface area (Å²) < 4.78 is 2.75. The number of aromatic nitrogens is 4. The lowest BCUT2D eigenvalue weighted by molar-refractivity contribution is -0.130. The van der Waals surface area contributed by atoms with Crippen molar-refractivity contribution in [1.82, 2.24) is 24.2 Å². The molecule has 0 aliphatic carbocycles. The molecule has 0 atom stereocenters. The van der Waals surface area contributed by atoms with E-state index < -0.39 is 0 Å². The second-order valence-electron chi connectivity index (χ2n) is 4.41. The molecule has 20 heavy (non-hydrogen) atoms. The van der Waals surface area contributed by atoms with Crippen molar-refractivity contribution in [2.45, 2.75) is 13.0 Å². The van der Waals surface area contributed by atoms with Crippen molar-refractivity contribution in [3.63, 3.8) is 0 Å². The van der Waals surface area contributed by atoms with Crippen molar-refractivity contribution in [2.75, 3.05) is 13.6 Å². The van der Waals surface area contributed by atoms with E-state index in [-0.39, 0.29) is 24.4 Å². The molecule has 0 bridgehead atoms. The van der Waals surface area contributed by atoms with Crippen LogP contribution < -0.4 is 5.56 Å².